The molecule has 0 radical (unpaired) electrons. The molecule has 0 unspecified atom stereocenters. The van der Waals surface area contributed by atoms with Gasteiger partial charge in [-0.15, -0.1) is 0 Å². The van der Waals surface area contributed by atoms with Crippen molar-refractivity contribution in [3.05, 3.63) is 143 Å². The van der Waals surface area contributed by atoms with Gasteiger partial charge in [0.1, 0.15) is 5.69 Å². The number of hydrogen-bond donors (Lipinski definition) is 1. The van der Waals surface area contributed by atoms with Crippen LogP contribution in [0.5, 0.6) is 17.2 Å². The number of fused-ring (bicyclic) bond motifs is 1. The summed E-state index contributed by atoms with van der Waals surface area (Å²) in [5.41, 5.74) is 2.26. The van der Waals surface area contributed by atoms with E-state index in [4.69, 9.17) is 14.2 Å². The maximum Gasteiger partial charge on any atom is 0.416 e. The number of aromatic nitrogens is 2. The fourth-order valence-electron chi connectivity index (χ4n) is 4.68. The quantitative estimate of drug-likeness (QED) is 0.171. The Bertz CT molecular complexity index is 1630. The van der Waals surface area contributed by atoms with Crippen molar-refractivity contribution in [2.75, 3.05) is 0 Å². The first-order valence-corrected chi connectivity index (χ1v) is 12.9. The Hall–Kier alpha value is -5.05. The van der Waals surface area contributed by atoms with Gasteiger partial charge < -0.3 is 14.2 Å². The van der Waals surface area contributed by atoms with Crippen LogP contribution in [0.15, 0.2) is 109 Å². The first-order valence-electron chi connectivity index (χ1n) is 12.9. The molecular weight excluding hydrogens is 533 g/mol. The number of benzene rings is 4. The number of nitrogens with one attached hydrogen (secondary N) is 1. The predicted molar refractivity (Wildman–Crippen MR) is 144 cm³/mol. The summed E-state index contributed by atoms with van der Waals surface area (Å²) < 4.78 is 57.0. The number of ether oxygens (including phenoxy) is 3. The highest BCUT2D eigenvalue weighted by Crippen LogP contribution is 2.51. The number of para-hydroxylation sites is 1. The van der Waals surface area contributed by atoms with Gasteiger partial charge in [-0.3, -0.25) is 5.10 Å². The smallest absolute Gasteiger partial charge is 0.416 e. The van der Waals surface area contributed by atoms with Crippen LogP contribution >= 0.6 is 0 Å². The largest absolute Gasteiger partial charge is 0.440 e. The monoisotopic (exact) mass is 556 g/mol. The summed E-state index contributed by atoms with van der Waals surface area (Å²) >= 11 is 0. The fourth-order valence-corrected chi connectivity index (χ4v) is 4.68. The second kappa shape index (κ2) is 10.5. The van der Waals surface area contributed by atoms with Crippen LogP contribution in [0.3, 0.4) is 0 Å². The van der Waals surface area contributed by atoms with Gasteiger partial charge in [0.05, 0.1) is 11.3 Å². The van der Waals surface area contributed by atoms with Gasteiger partial charge in [0.25, 0.3) is 0 Å². The van der Waals surface area contributed by atoms with Crippen molar-refractivity contribution >= 4 is 5.97 Å². The summed E-state index contributed by atoms with van der Waals surface area (Å²) in [6.07, 6.45) is -3.50. The summed E-state index contributed by atoms with van der Waals surface area (Å²) in [6, 6.07) is 30.6. The van der Waals surface area contributed by atoms with Gasteiger partial charge >= 0.3 is 17.9 Å². The zero-order valence-corrected chi connectivity index (χ0v) is 21.5. The standard InChI is InChI=1S/C32H23F3N2O4/c33-32(34,35)24-17-14-21(15-18-24)16-19-25-20-26(37-36-25)30(38)39-27-12-7-13-28-29(27)41-31(40-28,22-8-3-1-4-9-22)23-10-5-2-6-11-23/h1-15,17-18,20H,16,19H2,(H,36,37). The summed E-state index contributed by atoms with van der Waals surface area (Å²) in [4.78, 5) is 13.0. The van der Waals surface area contributed by atoms with Gasteiger partial charge in [0.15, 0.2) is 11.5 Å². The second-order valence-electron chi connectivity index (χ2n) is 9.49. The Kier molecular flexibility index (Phi) is 6.70. The molecule has 1 aliphatic rings. The minimum atomic E-state index is -4.38. The Morgan fingerprint density at radius 2 is 1.46 bits per heavy atom. The number of hydrogen-bond acceptors (Lipinski definition) is 5. The molecule has 0 saturated heterocycles. The second-order valence-corrected chi connectivity index (χ2v) is 9.49. The molecule has 0 spiro atoms. The molecule has 0 atom stereocenters. The molecule has 6 rings (SSSR count). The predicted octanol–water partition coefficient (Wildman–Crippen LogP) is 7.11. The van der Waals surface area contributed by atoms with E-state index >= 15 is 0 Å². The van der Waals surface area contributed by atoms with Crippen molar-refractivity contribution in [3.63, 3.8) is 0 Å². The molecule has 1 aromatic heterocycles. The van der Waals surface area contributed by atoms with Crippen LogP contribution in [0.1, 0.15) is 38.4 Å². The zero-order valence-electron chi connectivity index (χ0n) is 21.5. The van der Waals surface area contributed by atoms with E-state index in [1.54, 1.807) is 24.3 Å². The molecule has 0 bridgehead atoms. The minimum Gasteiger partial charge on any atom is -0.440 e. The molecule has 206 valence electrons. The lowest BCUT2D eigenvalue weighted by Gasteiger charge is -2.28. The number of alkyl halides is 3. The average Bonchev–Trinajstić information content (AvgIpc) is 3.63. The lowest BCUT2D eigenvalue weighted by atomic mass is 9.97. The Balaban J connectivity index is 1.18. The van der Waals surface area contributed by atoms with Crippen LogP contribution in [0.4, 0.5) is 13.2 Å². The molecule has 1 N–H and O–H groups in total. The summed E-state index contributed by atoms with van der Waals surface area (Å²) in [5, 5.41) is 6.85. The number of aromatic amines is 1. The first-order chi connectivity index (χ1) is 19.8. The van der Waals surface area contributed by atoms with E-state index in [0.717, 1.165) is 28.8 Å². The van der Waals surface area contributed by atoms with Gasteiger partial charge in [0.2, 0.25) is 5.75 Å². The Labute approximate surface area is 233 Å². The minimum absolute atomic E-state index is 0.126. The molecular formula is C32H23F3N2O4. The number of nitrogens with zero attached hydrogens (tertiary/aromatic N) is 1. The molecule has 6 nitrogen and oxygen atoms in total. The van der Waals surface area contributed by atoms with Gasteiger partial charge in [-0.05, 0) is 48.7 Å². The van der Waals surface area contributed by atoms with Crippen molar-refractivity contribution in [1.29, 1.82) is 0 Å². The third-order valence-corrected chi connectivity index (χ3v) is 6.75. The van der Waals surface area contributed by atoms with Crippen LogP contribution in [-0.4, -0.2) is 16.2 Å². The Morgan fingerprint density at radius 1 is 0.805 bits per heavy atom. The van der Waals surface area contributed by atoms with Gasteiger partial charge in [-0.2, -0.15) is 18.3 Å². The van der Waals surface area contributed by atoms with Crippen LogP contribution < -0.4 is 14.2 Å². The van der Waals surface area contributed by atoms with Crippen LogP contribution in [0.2, 0.25) is 0 Å². The summed E-state index contributed by atoms with van der Waals surface area (Å²) in [5.74, 6) is -1.05. The number of esters is 1. The van der Waals surface area contributed by atoms with Crippen LogP contribution in [-0.2, 0) is 24.8 Å². The molecule has 9 heteroatoms. The van der Waals surface area contributed by atoms with Gasteiger partial charge in [0, 0.05) is 11.1 Å². The average molecular weight is 557 g/mol. The molecule has 0 fully saturated rings. The molecule has 1 aliphatic heterocycles. The normalized spacial score (nSPS) is 13.6. The highest BCUT2D eigenvalue weighted by atomic mass is 19.4. The zero-order chi connectivity index (χ0) is 28.5. The lowest BCUT2D eigenvalue weighted by molar-refractivity contribution is -0.137. The van der Waals surface area contributed by atoms with E-state index in [2.05, 4.69) is 10.2 Å². The fraction of sp³-hybridized carbons (Fsp3) is 0.125. The lowest BCUT2D eigenvalue weighted by Crippen LogP contribution is -2.36. The summed E-state index contributed by atoms with van der Waals surface area (Å²) in [7, 11) is 0. The number of H-pyrrole nitrogens is 1. The van der Waals surface area contributed by atoms with Crippen molar-refractivity contribution in [2.45, 2.75) is 24.8 Å². The summed E-state index contributed by atoms with van der Waals surface area (Å²) in [6.45, 7) is 0. The number of carbonyl (C=O) groups is 1. The van der Waals surface area contributed by atoms with Crippen LogP contribution in [0.25, 0.3) is 0 Å². The third-order valence-electron chi connectivity index (χ3n) is 6.75. The van der Waals surface area contributed by atoms with E-state index < -0.39 is 23.5 Å². The molecule has 2 heterocycles. The van der Waals surface area contributed by atoms with E-state index in [1.807, 2.05) is 60.7 Å². The number of aryl methyl sites for hydroxylation is 2. The first kappa shape index (κ1) is 26.2. The third kappa shape index (κ3) is 5.26. The van der Waals surface area contributed by atoms with Crippen molar-refractivity contribution < 1.29 is 32.2 Å². The number of carbonyl (C=O) groups excluding carboxylic acids is 1. The van der Waals surface area contributed by atoms with E-state index in [0.29, 0.717) is 24.3 Å². The van der Waals surface area contributed by atoms with E-state index in [-0.39, 0.29) is 17.2 Å². The highest BCUT2D eigenvalue weighted by Gasteiger charge is 2.46. The SMILES string of the molecule is O=C(Oc1cccc2c1OC(c1ccccc1)(c1ccccc1)O2)c1cc(CCc2ccc(C(F)(F)F)cc2)n[nH]1. The Morgan fingerprint density at radius 3 is 2.10 bits per heavy atom. The maximum absolute atomic E-state index is 13.0. The highest BCUT2D eigenvalue weighted by molar-refractivity contribution is 5.89. The van der Waals surface area contributed by atoms with E-state index in [9.17, 15) is 18.0 Å². The molecule has 0 amide bonds. The molecule has 0 saturated carbocycles. The number of rotatable bonds is 7. The van der Waals surface area contributed by atoms with Crippen LogP contribution in [0, 0.1) is 0 Å². The molecule has 5 aromatic rings. The van der Waals surface area contributed by atoms with Crippen molar-refractivity contribution in [3.8, 4) is 17.2 Å². The topological polar surface area (TPSA) is 73.4 Å². The molecule has 0 aliphatic carbocycles. The molecule has 4 aromatic carbocycles. The van der Waals surface area contributed by atoms with Crippen molar-refractivity contribution in [2.24, 2.45) is 0 Å². The maximum atomic E-state index is 13.0. The number of halogens is 3. The van der Waals surface area contributed by atoms with E-state index in [1.165, 1.54) is 12.1 Å². The van der Waals surface area contributed by atoms with Crippen molar-refractivity contribution in [1.82, 2.24) is 10.2 Å². The van der Waals surface area contributed by atoms with Gasteiger partial charge in [-0.1, -0.05) is 78.9 Å². The molecule has 41 heavy (non-hydrogen) atoms. The van der Waals surface area contributed by atoms with Gasteiger partial charge in [-0.25, -0.2) is 4.79 Å².